The van der Waals surface area contributed by atoms with Crippen LogP contribution in [0.25, 0.3) is 0 Å². The molecule has 2 heterocycles. The number of guanidine groups is 1. The fourth-order valence-corrected chi connectivity index (χ4v) is 4.68. The predicted molar refractivity (Wildman–Crippen MR) is 127 cm³/mol. The largest absolute Gasteiger partial charge is 0.508 e. The van der Waals surface area contributed by atoms with Crippen LogP contribution in [0.5, 0.6) is 11.5 Å². The molecule has 0 spiro atoms. The number of phenols is 1. The van der Waals surface area contributed by atoms with Gasteiger partial charge in [-0.2, -0.15) is 0 Å². The van der Waals surface area contributed by atoms with E-state index in [9.17, 15) is 9.90 Å². The van der Waals surface area contributed by atoms with Crippen LogP contribution in [0.15, 0.2) is 23.2 Å². The van der Waals surface area contributed by atoms with Crippen molar-refractivity contribution in [2.75, 3.05) is 59.5 Å². The molecule has 0 aromatic heterocycles. The number of amides is 1. The van der Waals surface area contributed by atoms with E-state index in [1.807, 2.05) is 13.0 Å². The zero-order chi connectivity index (χ0) is 23.1. The van der Waals surface area contributed by atoms with Crippen molar-refractivity contribution in [1.82, 2.24) is 20.0 Å². The Morgan fingerprint density at radius 3 is 2.47 bits per heavy atom. The second-order valence-corrected chi connectivity index (χ2v) is 9.17. The van der Waals surface area contributed by atoms with Gasteiger partial charge in [-0.1, -0.05) is 13.8 Å². The van der Waals surface area contributed by atoms with Crippen molar-refractivity contribution in [3.63, 3.8) is 0 Å². The first-order valence-corrected chi connectivity index (χ1v) is 11.8. The molecule has 0 saturated carbocycles. The van der Waals surface area contributed by atoms with Crippen LogP contribution in [-0.2, 0) is 11.3 Å². The Morgan fingerprint density at radius 1 is 1.16 bits per heavy atom. The highest BCUT2D eigenvalue weighted by molar-refractivity contribution is 5.80. The lowest BCUT2D eigenvalue weighted by atomic mass is 9.92. The zero-order valence-corrected chi connectivity index (χ0v) is 20.0. The molecule has 1 aromatic rings. The van der Waals surface area contributed by atoms with Gasteiger partial charge in [0.2, 0.25) is 5.91 Å². The van der Waals surface area contributed by atoms with Crippen LogP contribution in [0.4, 0.5) is 0 Å². The quantitative estimate of drug-likeness (QED) is 0.515. The van der Waals surface area contributed by atoms with Crippen LogP contribution in [0.1, 0.15) is 32.8 Å². The summed E-state index contributed by atoms with van der Waals surface area (Å²) in [4.78, 5) is 24.1. The summed E-state index contributed by atoms with van der Waals surface area (Å²) in [7, 11) is 1.61. The van der Waals surface area contributed by atoms with Gasteiger partial charge < -0.3 is 25.0 Å². The molecule has 2 unspecified atom stereocenters. The Morgan fingerprint density at radius 2 is 1.84 bits per heavy atom. The minimum atomic E-state index is 0.218. The average Bonchev–Trinajstić information content (AvgIpc) is 2.77. The maximum Gasteiger partial charge on any atom is 0.236 e. The number of hydrogen-bond acceptors (Lipinski definition) is 5. The van der Waals surface area contributed by atoms with Crippen LogP contribution < -0.4 is 10.1 Å². The summed E-state index contributed by atoms with van der Waals surface area (Å²) in [6, 6.07) is 5.18. The number of nitrogens with zero attached hydrogens (tertiary/aromatic N) is 4. The Bertz CT molecular complexity index is 782. The van der Waals surface area contributed by atoms with Crippen molar-refractivity contribution in [1.29, 1.82) is 0 Å². The number of likely N-dealkylation sites (tertiary alicyclic amines) is 1. The normalized spacial score (nSPS) is 22.7. The maximum absolute atomic E-state index is 12.8. The number of aromatic hydroxyl groups is 1. The summed E-state index contributed by atoms with van der Waals surface area (Å²) in [5.74, 6) is 3.18. The van der Waals surface area contributed by atoms with Gasteiger partial charge in [0.05, 0.1) is 20.2 Å². The molecule has 32 heavy (non-hydrogen) atoms. The highest BCUT2D eigenvalue weighted by Crippen LogP contribution is 2.24. The molecule has 2 aliphatic rings. The molecule has 2 aliphatic heterocycles. The van der Waals surface area contributed by atoms with Crippen molar-refractivity contribution in [3.8, 4) is 11.5 Å². The van der Waals surface area contributed by atoms with Crippen molar-refractivity contribution in [3.05, 3.63) is 23.8 Å². The number of ether oxygens (including phenoxy) is 1. The molecule has 0 aliphatic carbocycles. The molecule has 178 valence electrons. The van der Waals surface area contributed by atoms with E-state index in [-0.39, 0.29) is 11.7 Å². The fraction of sp³-hybridized carbons (Fsp3) is 0.667. The van der Waals surface area contributed by atoms with Crippen LogP contribution in [-0.4, -0.2) is 91.1 Å². The van der Waals surface area contributed by atoms with Gasteiger partial charge in [0, 0.05) is 51.4 Å². The lowest BCUT2D eigenvalue weighted by molar-refractivity contribution is -0.135. The molecule has 0 bridgehead atoms. The number of methoxy groups -OCH3 is 1. The standard InChI is InChI=1S/C24H39N5O3/c1-5-25-24(26-14-20-13-21(32-4)6-7-22(20)30)28-10-8-27(9-11-28)17-23(31)29-15-18(2)12-19(3)16-29/h6-7,13,18-19,30H,5,8-12,14-17H2,1-4H3,(H,25,26). The summed E-state index contributed by atoms with van der Waals surface area (Å²) in [6.45, 7) is 13.2. The molecule has 1 amide bonds. The number of nitrogens with one attached hydrogen (secondary N) is 1. The van der Waals surface area contributed by atoms with E-state index in [0.29, 0.717) is 30.7 Å². The molecule has 3 rings (SSSR count). The van der Waals surface area contributed by atoms with Crippen molar-refractivity contribution in [2.45, 2.75) is 33.7 Å². The number of phenolic OH excluding ortho intramolecular Hbond substituents is 1. The SMILES string of the molecule is CCNC(=NCc1cc(OC)ccc1O)N1CCN(CC(=O)N2CC(C)CC(C)C2)CC1. The summed E-state index contributed by atoms with van der Waals surface area (Å²) in [5.41, 5.74) is 0.731. The van der Waals surface area contributed by atoms with E-state index in [4.69, 9.17) is 9.73 Å². The third-order valence-electron chi connectivity index (χ3n) is 6.27. The van der Waals surface area contributed by atoms with Crippen LogP contribution in [0.2, 0.25) is 0 Å². The number of rotatable bonds is 6. The summed E-state index contributed by atoms with van der Waals surface area (Å²) < 4.78 is 5.26. The van der Waals surface area contributed by atoms with Gasteiger partial charge in [-0.3, -0.25) is 9.69 Å². The molecule has 2 atom stereocenters. The number of carbonyl (C=O) groups excluding carboxylic acids is 1. The van der Waals surface area contributed by atoms with E-state index >= 15 is 0 Å². The summed E-state index contributed by atoms with van der Waals surface area (Å²) >= 11 is 0. The number of aliphatic imine (C=N–C) groups is 1. The Balaban J connectivity index is 1.54. The van der Waals surface area contributed by atoms with E-state index in [0.717, 1.165) is 57.3 Å². The van der Waals surface area contributed by atoms with E-state index in [1.165, 1.54) is 6.42 Å². The predicted octanol–water partition coefficient (Wildman–Crippen LogP) is 1.99. The third-order valence-corrected chi connectivity index (χ3v) is 6.27. The second kappa shape index (κ2) is 11.4. The monoisotopic (exact) mass is 445 g/mol. The third kappa shape index (κ3) is 6.51. The molecular weight excluding hydrogens is 406 g/mol. The molecule has 2 N–H and O–H groups in total. The fourth-order valence-electron chi connectivity index (χ4n) is 4.68. The lowest BCUT2D eigenvalue weighted by Crippen LogP contribution is -2.55. The number of piperazine rings is 1. The van der Waals surface area contributed by atoms with Crippen LogP contribution in [0.3, 0.4) is 0 Å². The number of carbonyl (C=O) groups is 1. The lowest BCUT2D eigenvalue weighted by Gasteiger charge is -2.39. The molecule has 0 radical (unpaired) electrons. The van der Waals surface area contributed by atoms with E-state index < -0.39 is 0 Å². The molecule has 8 nitrogen and oxygen atoms in total. The van der Waals surface area contributed by atoms with Gasteiger partial charge in [-0.05, 0) is 43.4 Å². The van der Waals surface area contributed by atoms with Gasteiger partial charge in [0.1, 0.15) is 11.5 Å². The van der Waals surface area contributed by atoms with E-state index in [1.54, 1.807) is 19.2 Å². The molecule has 1 aromatic carbocycles. The smallest absolute Gasteiger partial charge is 0.236 e. The number of benzene rings is 1. The second-order valence-electron chi connectivity index (χ2n) is 9.17. The number of piperidine rings is 1. The van der Waals surface area contributed by atoms with Crippen molar-refractivity contribution in [2.24, 2.45) is 16.8 Å². The minimum absolute atomic E-state index is 0.218. The zero-order valence-electron chi connectivity index (χ0n) is 20.0. The van der Waals surface area contributed by atoms with Gasteiger partial charge >= 0.3 is 0 Å². The molecule has 8 heteroatoms. The molecule has 2 fully saturated rings. The van der Waals surface area contributed by atoms with Crippen molar-refractivity contribution >= 4 is 11.9 Å². The van der Waals surface area contributed by atoms with Gasteiger partial charge in [-0.15, -0.1) is 0 Å². The Hall–Kier alpha value is -2.48. The average molecular weight is 446 g/mol. The van der Waals surface area contributed by atoms with Crippen LogP contribution in [0, 0.1) is 11.8 Å². The van der Waals surface area contributed by atoms with Crippen molar-refractivity contribution < 1.29 is 14.6 Å². The molecule has 2 saturated heterocycles. The number of hydrogen-bond donors (Lipinski definition) is 2. The topological polar surface area (TPSA) is 80.6 Å². The Kier molecular flexibility index (Phi) is 8.61. The Labute approximate surface area is 192 Å². The van der Waals surface area contributed by atoms with Gasteiger partial charge in [-0.25, -0.2) is 4.99 Å². The molecular formula is C24H39N5O3. The summed E-state index contributed by atoms with van der Waals surface area (Å²) in [6.07, 6.45) is 1.21. The highest BCUT2D eigenvalue weighted by atomic mass is 16.5. The van der Waals surface area contributed by atoms with E-state index in [2.05, 4.69) is 33.9 Å². The van der Waals surface area contributed by atoms with Gasteiger partial charge in [0.25, 0.3) is 0 Å². The highest BCUT2D eigenvalue weighted by Gasteiger charge is 2.28. The summed E-state index contributed by atoms with van der Waals surface area (Å²) in [5, 5.41) is 13.5. The first kappa shape index (κ1) is 24.2. The van der Waals surface area contributed by atoms with Crippen LogP contribution >= 0.6 is 0 Å². The maximum atomic E-state index is 12.8. The first-order chi connectivity index (χ1) is 15.4. The first-order valence-electron chi connectivity index (χ1n) is 11.8. The van der Waals surface area contributed by atoms with Gasteiger partial charge in [0.15, 0.2) is 5.96 Å². The minimum Gasteiger partial charge on any atom is -0.508 e.